The molecular weight excluding hydrogens is 272 g/mol. The van der Waals surface area contributed by atoms with Crippen LogP contribution in [0.1, 0.15) is 5.56 Å². The summed E-state index contributed by atoms with van der Waals surface area (Å²) in [6.45, 7) is 0.217. The second kappa shape index (κ2) is 5.48. The molecule has 2 aromatic rings. The summed E-state index contributed by atoms with van der Waals surface area (Å²) < 4.78 is 26.5. The normalized spacial score (nSPS) is 11.4. The molecule has 1 aromatic carbocycles. The van der Waals surface area contributed by atoms with Crippen molar-refractivity contribution < 1.29 is 8.42 Å². The third-order valence-electron chi connectivity index (χ3n) is 2.32. The van der Waals surface area contributed by atoms with E-state index in [1.165, 1.54) is 18.3 Å². The van der Waals surface area contributed by atoms with Crippen molar-refractivity contribution in [3.05, 3.63) is 59.4 Å². The highest BCUT2D eigenvalue weighted by Gasteiger charge is 2.17. The molecule has 0 radical (unpaired) electrons. The van der Waals surface area contributed by atoms with Crippen molar-refractivity contribution in [3.63, 3.8) is 0 Å². The van der Waals surface area contributed by atoms with E-state index in [-0.39, 0.29) is 16.6 Å². The van der Waals surface area contributed by atoms with Crippen molar-refractivity contribution in [1.29, 1.82) is 0 Å². The molecule has 18 heavy (non-hydrogen) atoms. The number of rotatable bonds is 4. The summed E-state index contributed by atoms with van der Waals surface area (Å²) in [7, 11) is -3.63. The molecule has 0 bridgehead atoms. The van der Waals surface area contributed by atoms with Gasteiger partial charge in [-0.1, -0.05) is 41.9 Å². The maximum absolute atomic E-state index is 12.0. The Labute approximate surface area is 111 Å². The van der Waals surface area contributed by atoms with E-state index in [0.29, 0.717) is 0 Å². The monoisotopic (exact) mass is 282 g/mol. The van der Waals surface area contributed by atoms with Crippen LogP contribution in [-0.2, 0) is 16.6 Å². The van der Waals surface area contributed by atoms with Crippen LogP contribution in [0, 0.1) is 0 Å². The van der Waals surface area contributed by atoms with Gasteiger partial charge in [0.25, 0.3) is 0 Å². The van der Waals surface area contributed by atoms with Crippen LogP contribution in [-0.4, -0.2) is 13.4 Å². The van der Waals surface area contributed by atoms with Crippen LogP contribution in [0.2, 0.25) is 5.15 Å². The predicted molar refractivity (Wildman–Crippen MR) is 69.7 cm³/mol. The van der Waals surface area contributed by atoms with Crippen molar-refractivity contribution >= 4 is 21.6 Å². The average Bonchev–Trinajstić information content (AvgIpc) is 2.38. The summed E-state index contributed by atoms with van der Waals surface area (Å²) in [6, 6.07) is 12.2. The Morgan fingerprint density at radius 1 is 1.11 bits per heavy atom. The molecule has 0 atom stereocenters. The van der Waals surface area contributed by atoms with Crippen molar-refractivity contribution in [1.82, 2.24) is 9.71 Å². The summed E-state index contributed by atoms with van der Waals surface area (Å²) in [5.41, 5.74) is 0.876. The number of nitrogens with zero attached hydrogens (tertiary/aromatic N) is 1. The standard InChI is InChI=1S/C12H11ClN2O2S/c13-12-11(7-4-8-14-12)18(16,17)15-9-10-5-2-1-3-6-10/h1-8,15H,9H2. The molecule has 94 valence electrons. The first-order chi connectivity index (χ1) is 8.59. The maximum atomic E-state index is 12.0. The van der Waals surface area contributed by atoms with Crippen LogP contribution in [0.25, 0.3) is 0 Å². The number of hydrogen-bond donors (Lipinski definition) is 1. The SMILES string of the molecule is O=S(=O)(NCc1ccccc1)c1cccnc1Cl. The molecule has 0 fully saturated rings. The van der Waals surface area contributed by atoms with Gasteiger partial charge in [0.1, 0.15) is 10.0 Å². The minimum Gasteiger partial charge on any atom is -0.243 e. The maximum Gasteiger partial charge on any atom is 0.243 e. The van der Waals surface area contributed by atoms with E-state index in [1.54, 1.807) is 0 Å². The summed E-state index contributed by atoms with van der Waals surface area (Å²) in [4.78, 5) is 3.74. The fourth-order valence-electron chi connectivity index (χ4n) is 1.42. The van der Waals surface area contributed by atoms with E-state index in [0.717, 1.165) is 5.56 Å². The summed E-state index contributed by atoms with van der Waals surface area (Å²) in [5, 5.41) is -0.0296. The van der Waals surface area contributed by atoms with E-state index in [1.807, 2.05) is 30.3 Å². The van der Waals surface area contributed by atoms with Gasteiger partial charge >= 0.3 is 0 Å². The van der Waals surface area contributed by atoms with Crippen molar-refractivity contribution in [2.75, 3.05) is 0 Å². The van der Waals surface area contributed by atoms with Gasteiger partial charge in [0, 0.05) is 12.7 Å². The van der Waals surface area contributed by atoms with E-state index in [2.05, 4.69) is 9.71 Å². The number of halogens is 1. The molecule has 0 aliphatic carbocycles. The highest BCUT2D eigenvalue weighted by Crippen LogP contribution is 2.17. The van der Waals surface area contributed by atoms with Crippen LogP contribution in [0.3, 0.4) is 0 Å². The first-order valence-corrected chi connectivity index (χ1v) is 7.10. The van der Waals surface area contributed by atoms with Gasteiger partial charge in [-0.3, -0.25) is 0 Å². The fourth-order valence-corrected chi connectivity index (χ4v) is 2.89. The van der Waals surface area contributed by atoms with E-state index < -0.39 is 10.0 Å². The third-order valence-corrected chi connectivity index (χ3v) is 4.17. The van der Waals surface area contributed by atoms with Gasteiger partial charge in [0.2, 0.25) is 10.0 Å². The second-order valence-corrected chi connectivity index (χ2v) is 5.70. The van der Waals surface area contributed by atoms with Gasteiger partial charge in [-0.25, -0.2) is 18.1 Å². The molecule has 0 spiro atoms. The van der Waals surface area contributed by atoms with Crippen LogP contribution < -0.4 is 4.72 Å². The Hall–Kier alpha value is -1.43. The Bertz CT molecular complexity index is 630. The van der Waals surface area contributed by atoms with Gasteiger partial charge in [-0.2, -0.15) is 0 Å². The van der Waals surface area contributed by atoms with Crippen LogP contribution >= 0.6 is 11.6 Å². The Balaban J connectivity index is 2.16. The lowest BCUT2D eigenvalue weighted by Gasteiger charge is -2.07. The fraction of sp³-hybridized carbons (Fsp3) is 0.0833. The molecule has 0 saturated carbocycles. The number of pyridine rings is 1. The largest absolute Gasteiger partial charge is 0.243 e. The lowest BCUT2D eigenvalue weighted by Crippen LogP contribution is -2.23. The van der Waals surface area contributed by atoms with Crippen LogP contribution in [0.4, 0.5) is 0 Å². The molecule has 0 aliphatic rings. The summed E-state index contributed by atoms with van der Waals surface area (Å²) in [5.74, 6) is 0. The highest BCUT2D eigenvalue weighted by molar-refractivity contribution is 7.89. The second-order valence-electron chi connectivity index (χ2n) is 3.60. The van der Waals surface area contributed by atoms with Crippen molar-refractivity contribution in [3.8, 4) is 0 Å². The number of benzene rings is 1. The number of hydrogen-bond acceptors (Lipinski definition) is 3. The number of sulfonamides is 1. The molecular formula is C12H11ClN2O2S. The van der Waals surface area contributed by atoms with Crippen LogP contribution in [0.5, 0.6) is 0 Å². The molecule has 1 N–H and O–H groups in total. The Morgan fingerprint density at radius 2 is 1.83 bits per heavy atom. The molecule has 0 aliphatic heterocycles. The zero-order valence-corrected chi connectivity index (χ0v) is 10.9. The van der Waals surface area contributed by atoms with Crippen molar-refractivity contribution in [2.45, 2.75) is 11.4 Å². The molecule has 1 heterocycles. The van der Waals surface area contributed by atoms with Gasteiger partial charge < -0.3 is 0 Å². The molecule has 4 nitrogen and oxygen atoms in total. The third kappa shape index (κ3) is 3.07. The lowest BCUT2D eigenvalue weighted by atomic mass is 10.2. The Kier molecular flexibility index (Phi) is 3.96. The van der Waals surface area contributed by atoms with Crippen LogP contribution in [0.15, 0.2) is 53.6 Å². The summed E-state index contributed by atoms with van der Waals surface area (Å²) >= 11 is 5.76. The van der Waals surface area contributed by atoms with E-state index in [9.17, 15) is 8.42 Å². The zero-order valence-electron chi connectivity index (χ0n) is 9.38. The summed E-state index contributed by atoms with van der Waals surface area (Å²) in [6.07, 6.45) is 1.44. The Morgan fingerprint density at radius 3 is 2.50 bits per heavy atom. The topological polar surface area (TPSA) is 59.1 Å². The highest BCUT2D eigenvalue weighted by atomic mass is 35.5. The minimum absolute atomic E-state index is 0.0115. The molecule has 0 saturated heterocycles. The average molecular weight is 283 g/mol. The first-order valence-electron chi connectivity index (χ1n) is 5.24. The number of aromatic nitrogens is 1. The quantitative estimate of drug-likeness (QED) is 0.875. The van der Waals surface area contributed by atoms with Gasteiger partial charge in [0.05, 0.1) is 0 Å². The molecule has 6 heteroatoms. The minimum atomic E-state index is -3.63. The van der Waals surface area contributed by atoms with E-state index in [4.69, 9.17) is 11.6 Å². The number of nitrogens with one attached hydrogen (secondary N) is 1. The molecule has 2 rings (SSSR count). The van der Waals surface area contributed by atoms with Crippen molar-refractivity contribution in [2.24, 2.45) is 0 Å². The zero-order chi connectivity index (χ0) is 13.0. The predicted octanol–water partition coefficient (Wildman–Crippen LogP) is 2.21. The molecule has 1 aromatic heterocycles. The molecule has 0 amide bonds. The van der Waals surface area contributed by atoms with Gasteiger partial charge in [0.15, 0.2) is 0 Å². The van der Waals surface area contributed by atoms with Gasteiger partial charge in [-0.15, -0.1) is 0 Å². The van der Waals surface area contributed by atoms with E-state index >= 15 is 0 Å². The lowest BCUT2D eigenvalue weighted by molar-refractivity contribution is 0.581. The molecule has 0 unspecified atom stereocenters. The smallest absolute Gasteiger partial charge is 0.243 e. The van der Waals surface area contributed by atoms with Gasteiger partial charge in [-0.05, 0) is 17.7 Å². The first kappa shape index (κ1) is 13.0.